The lowest BCUT2D eigenvalue weighted by atomic mass is 9.84. The van der Waals surface area contributed by atoms with Crippen molar-refractivity contribution in [3.8, 4) is 0 Å². The molecule has 0 radical (unpaired) electrons. The van der Waals surface area contributed by atoms with Crippen LogP contribution in [0, 0.1) is 5.92 Å². The Morgan fingerprint density at radius 3 is 2.71 bits per heavy atom. The van der Waals surface area contributed by atoms with Crippen molar-refractivity contribution in [3.05, 3.63) is 0 Å². The summed E-state index contributed by atoms with van der Waals surface area (Å²) in [7, 11) is 0. The predicted octanol–water partition coefficient (Wildman–Crippen LogP) is 2.37. The van der Waals surface area contributed by atoms with Gasteiger partial charge in [-0.2, -0.15) is 0 Å². The molecule has 2 fully saturated rings. The molecule has 2 atom stereocenters. The number of ketones is 1. The Kier molecular flexibility index (Phi) is 3.15. The normalized spacial score (nSPS) is 29.1. The van der Waals surface area contributed by atoms with E-state index in [1.54, 1.807) is 4.90 Å². The lowest BCUT2D eigenvalue weighted by Crippen LogP contribution is -2.43. The molecule has 4 heteroatoms. The molecular formula is C13H21NO3. The van der Waals surface area contributed by atoms with Crippen molar-refractivity contribution >= 4 is 11.9 Å². The van der Waals surface area contributed by atoms with Gasteiger partial charge in [-0.1, -0.05) is 0 Å². The molecule has 1 saturated carbocycles. The van der Waals surface area contributed by atoms with Crippen molar-refractivity contribution in [2.75, 3.05) is 6.54 Å². The average molecular weight is 239 g/mol. The first-order valence-corrected chi connectivity index (χ1v) is 6.38. The summed E-state index contributed by atoms with van der Waals surface area (Å²) >= 11 is 0. The zero-order chi connectivity index (χ0) is 12.6. The van der Waals surface area contributed by atoms with Gasteiger partial charge in [-0.15, -0.1) is 0 Å². The van der Waals surface area contributed by atoms with E-state index in [4.69, 9.17) is 4.74 Å². The van der Waals surface area contributed by atoms with E-state index in [2.05, 4.69) is 0 Å². The summed E-state index contributed by atoms with van der Waals surface area (Å²) in [4.78, 5) is 25.3. The van der Waals surface area contributed by atoms with Crippen LogP contribution in [-0.4, -0.2) is 35.0 Å². The minimum Gasteiger partial charge on any atom is -0.444 e. The van der Waals surface area contributed by atoms with E-state index in [0.717, 1.165) is 19.4 Å². The summed E-state index contributed by atoms with van der Waals surface area (Å²) in [6.07, 6.45) is 2.88. The highest BCUT2D eigenvalue weighted by Crippen LogP contribution is 2.35. The molecule has 4 nitrogen and oxygen atoms in total. The van der Waals surface area contributed by atoms with Crippen molar-refractivity contribution in [3.63, 3.8) is 0 Å². The molecule has 96 valence electrons. The summed E-state index contributed by atoms with van der Waals surface area (Å²) in [5, 5.41) is 0. The quantitative estimate of drug-likeness (QED) is 0.652. The molecule has 0 bridgehead atoms. The van der Waals surface area contributed by atoms with Gasteiger partial charge in [-0.05, 0) is 39.5 Å². The topological polar surface area (TPSA) is 46.6 Å². The number of amides is 1. The van der Waals surface area contributed by atoms with Crippen LogP contribution in [0.25, 0.3) is 0 Å². The molecule has 0 aromatic rings. The van der Waals surface area contributed by atoms with Gasteiger partial charge in [-0.3, -0.25) is 4.79 Å². The highest BCUT2D eigenvalue weighted by Gasteiger charge is 2.42. The van der Waals surface area contributed by atoms with Crippen LogP contribution in [0.3, 0.4) is 0 Å². The van der Waals surface area contributed by atoms with Gasteiger partial charge in [0.15, 0.2) is 0 Å². The number of carbonyl (C=O) groups is 2. The first kappa shape index (κ1) is 12.4. The van der Waals surface area contributed by atoms with Crippen LogP contribution < -0.4 is 0 Å². The largest absolute Gasteiger partial charge is 0.444 e. The minimum atomic E-state index is -0.464. The fourth-order valence-corrected chi connectivity index (χ4v) is 2.76. The minimum absolute atomic E-state index is 0.0890. The van der Waals surface area contributed by atoms with Gasteiger partial charge < -0.3 is 9.64 Å². The molecule has 1 saturated heterocycles. The molecule has 0 N–H and O–H groups in total. The van der Waals surface area contributed by atoms with E-state index >= 15 is 0 Å². The number of nitrogens with zero attached hydrogens (tertiary/aromatic N) is 1. The molecular weight excluding hydrogens is 218 g/mol. The molecule has 1 amide bonds. The van der Waals surface area contributed by atoms with Gasteiger partial charge in [-0.25, -0.2) is 4.79 Å². The van der Waals surface area contributed by atoms with Gasteiger partial charge in [0.2, 0.25) is 0 Å². The first-order valence-electron chi connectivity index (χ1n) is 6.38. The molecule has 0 aromatic heterocycles. The van der Waals surface area contributed by atoms with Crippen LogP contribution in [0.15, 0.2) is 0 Å². The molecule has 17 heavy (non-hydrogen) atoms. The maximum Gasteiger partial charge on any atom is 0.410 e. The molecule has 2 unspecified atom stereocenters. The summed E-state index contributed by atoms with van der Waals surface area (Å²) < 4.78 is 5.38. The van der Waals surface area contributed by atoms with Gasteiger partial charge >= 0.3 is 6.09 Å². The number of rotatable bonds is 0. The zero-order valence-electron chi connectivity index (χ0n) is 10.9. The summed E-state index contributed by atoms with van der Waals surface area (Å²) in [6.45, 7) is 6.33. The molecule has 1 aliphatic heterocycles. The van der Waals surface area contributed by atoms with Gasteiger partial charge in [0.1, 0.15) is 11.4 Å². The van der Waals surface area contributed by atoms with E-state index in [0.29, 0.717) is 18.8 Å². The summed E-state index contributed by atoms with van der Waals surface area (Å²) in [6, 6.07) is 0.0890. The number of Topliss-reactive ketones (excluding diaryl/α,β-unsaturated/α-hetero) is 1. The monoisotopic (exact) mass is 239 g/mol. The van der Waals surface area contributed by atoms with Crippen LogP contribution in [0.5, 0.6) is 0 Å². The highest BCUT2D eigenvalue weighted by atomic mass is 16.6. The molecule has 2 aliphatic rings. The number of likely N-dealkylation sites (tertiary alicyclic amines) is 1. The Morgan fingerprint density at radius 1 is 1.35 bits per heavy atom. The van der Waals surface area contributed by atoms with E-state index in [1.807, 2.05) is 20.8 Å². The van der Waals surface area contributed by atoms with Crippen molar-refractivity contribution in [1.82, 2.24) is 4.90 Å². The fraction of sp³-hybridized carbons (Fsp3) is 0.846. The van der Waals surface area contributed by atoms with E-state index in [1.165, 1.54) is 0 Å². The van der Waals surface area contributed by atoms with Gasteiger partial charge in [0.25, 0.3) is 0 Å². The fourth-order valence-electron chi connectivity index (χ4n) is 2.76. The van der Waals surface area contributed by atoms with Crippen LogP contribution >= 0.6 is 0 Å². The van der Waals surface area contributed by atoms with Gasteiger partial charge in [0, 0.05) is 25.4 Å². The SMILES string of the molecule is CC(C)(C)OC(=O)N1CCC2CCC(=O)CC21. The third kappa shape index (κ3) is 2.79. The standard InChI is InChI=1S/C13H21NO3/c1-13(2,3)17-12(16)14-7-6-9-4-5-10(15)8-11(9)14/h9,11H,4-8H2,1-3H3. The third-order valence-corrected chi connectivity index (χ3v) is 3.54. The van der Waals surface area contributed by atoms with E-state index in [9.17, 15) is 9.59 Å². The van der Waals surface area contributed by atoms with Gasteiger partial charge in [0.05, 0.1) is 0 Å². The lowest BCUT2D eigenvalue weighted by Gasteiger charge is -2.32. The molecule has 1 heterocycles. The number of hydrogen-bond acceptors (Lipinski definition) is 3. The van der Waals surface area contributed by atoms with Crippen LogP contribution in [0.1, 0.15) is 46.5 Å². The third-order valence-electron chi connectivity index (χ3n) is 3.54. The maximum atomic E-state index is 12.0. The molecule has 0 aromatic carbocycles. The van der Waals surface area contributed by atoms with Crippen LogP contribution in [0.2, 0.25) is 0 Å². The van der Waals surface area contributed by atoms with Crippen molar-refractivity contribution < 1.29 is 14.3 Å². The van der Waals surface area contributed by atoms with Crippen molar-refractivity contribution in [1.29, 1.82) is 0 Å². The van der Waals surface area contributed by atoms with Crippen molar-refractivity contribution in [2.24, 2.45) is 5.92 Å². The lowest BCUT2D eigenvalue weighted by molar-refractivity contribution is -0.122. The zero-order valence-corrected chi connectivity index (χ0v) is 10.9. The first-order chi connectivity index (χ1) is 7.87. The van der Waals surface area contributed by atoms with Crippen molar-refractivity contribution in [2.45, 2.75) is 58.1 Å². The smallest absolute Gasteiger partial charge is 0.410 e. The second-order valence-corrected chi connectivity index (χ2v) is 6.07. The Hall–Kier alpha value is -1.06. The number of carbonyl (C=O) groups excluding carboxylic acids is 2. The molecule has 0 spiro atoms. The number of fused-ring (bicyclic) bond motifs is 1. The number of ether oxygens (including phenoxy) is 1. The average Bonchev–Trinajstić information content (AvgIpc) is 2.57. The Labute approximate surface area is 102 Å². The summed E-state index contributed by atoms with van der Waals surface area (Å²) in [5.74, 6) is 0.780. The Bertz CT molecular complexity index is 332. The highest BCUT2D eigenvalue weighted by molar-refractivity contribution is 5.81. The molecule has 2 rings (SSSR count). The maximum absolute atomic E-state index is 12.0. The van der Waals surface area contributed by atoms with Crippen LogP contribution in [0.4, 0.5) is 4.79 Å². The number of hydrogen-bond donors (Lipinski definition) is 0. The Morgan fingerprint density at radius 2 is 2.06 bits per heavy atom. The van der Waals surface area contributed by atoms with E-state index in [-0.39, 0.29) is 17.9 Å². The molecule has 1 aliphatic carbocycles. The second-order valence-electron chi connectivity index (χ2n) is 6.07. The van der Waals surface area contributed by atoms with E-state index < -0.39 is 5.60 Å². The summed E-state index contributed by atoms with van der Waals surface area (Å²) in [5.41, 5.74) is -0.464. The predicted molar refractivity (Wildman–Crippen MR) is 63.7 cm³/mol. The Balaban J connectivity index is 2.02. The van der Waals surface area contributed by atoms with Crippen LogP contribution in [-0.2, 0) is 9.53 Å². The second kappa shape index (κ2) is 4.31.